The van der Waals surface area contributed by atoms with Crippen LogP contribution in [0.4, 0.5) is 5.82 Å². The first-order valence-electron chi connectivity index (χ1n) is 8.25. The number of piperazine rings is 1. The van der Waals surface area contributed by atoms with E-state index in [0.717, 1.165) is 57.2 Å². The molecule has 0 amide bonds. The lowest BCUT2D eigenvalue weighted by molar-refractivity contribution is 0.192. The lowest BCUT2D eigenvalue weighted by Gasteiger charge is -2.38. The van der Waals surface area contributed by atoms with Gasteiger partial charge in [0.15, 0.2) is 0 Å². The summed E-state index contributed by atoms with van der Waals surface area (Å²) in [6.07, 6.45) is 6.19. The van der Waals surface area contributed by atoms with E-state index in [4.69, 9.17) is 0 Å². The maximum atomic E-state index is 4.58. The summed E-state index contributed by atoms with van der Waals surface area (Å²) in [5.41, 5.74) is 1.02. The summed E-state index contributed by atoms with van der Waals surface area (Å²) in [4.78, 5) is 14.0. The van der Waals surface area contributed by atoms with Gasteiger partial charge >= 0.3 is 0 Å². The summed E-state index contributed by atoms with van der Waals surface area (Å²) in [6.45, 7) is 12.9. The van der Waals surface area contributed by atoms with E-state index in [1.54, 1.807) is 0 Å². The Bertz CT molecular complexity index is 398. The van der Waals surface area contributed by atoms with E-state index in [9.17, 15) is 0 Å². The van der Waals surface area contributed by atoms with Crippen molar-refractivity contribution < 1.29 is 0 Å². The molecule has 2 rings (SSSR count). The molecule has 0 bridgehead atoms. The zero-order chi connectivity index (χ0) is 15.1. The molecule has 5 nitrogen and oxygen atoms in total. The third-order valence-electron chi connectivity index (χ3n) is 4.28. The molecule has 5 heteroatoms. The molecule has 1 fully saturated rings. The van der Waals surface area contributed by atoms with Gasteiger partial charge in [0.05, 0.1) is 18.1 Å². The summed E-state index contributed by atoms with van der Waals surface area (Å²) in [5, 5.41) is 3.35. The van der Waals surface area contributed by atoms with E-state index in [1.807, 2.05) is 12.4 Å². The first-order valence-corrected chi connectivity index (χ1v) is 8.25. The van der Waals surface area contributed by atoms with Gasteiger partial charge in [-0.3, -0.25) is 9.88 Å². The lowest BCUT2D eigenvalue weighted by atomic mass is 10.2. The minimum Gasteiger partial charge on any atom is -0.353 e. The summed E-state index contributed by atoms with van der Waals surface area (Å²) in [7, 11) is 0. The predicted molar refractivity (Wildman–Crippen MR) is 87.6 cm³/mol. The van der Waals surface area contributed by atoms with E-state index in [1.165, 1.54) is 6.42 Å². The molecule has 118 valence electrons. The van der Waals surface area contributed by atoms with Crippen molar-refractivity contribution >= 4 is 5.82 Å². The fraction of sp³-hybridized carbons (Fsp3) is 0.750. The Balaban J connectivity index is 1.83. The summed E-state index contributed by atoms with van der Waals surface area (Å²) < 4.78 is 0. The predicted octanol–water partition coefficient (Wildman–Crippen LogP) is 1.90. The summed E-state index contributed by atoms with van der Waals surface area (Å²) in [5.74, 6) is 1.01. The van der Waals surface area contributed by atoms with Crippen molar-refractivity contribution in [3.63, 3.8) is 0 Å². The number of hydrogen-bond acceptors (Lipinski definition) is 5. The Morgan fingerprint density at radius 2 is 1.90 bits per heavy atom. The van der Waals surface area contributed by atoms with Crippen LogP contribution >= 0.6 is 0 Å². The first kappa shape index (κ1) is 16.2. The monoisotopic (exact) mass is 291 g/mol. The molecular weight excluding hydrogens is 262 g/mol. The molecule has 0 saturated carbocycles. The maximum Gasteiger partial charge on any atom is 0.147 e. The van der Waals surface area contributed by atoms with Crippen LogP contribution in [-0.2, 0) is 6.54 Å². The first-order chi connectivity index (χ1) is 10.2. The molecule has 1 atom stereocenters. The van der Waals surface area contributed by atoms with Gasteiger partial charge in [0.25, 0.3) is 0 Å². The SMILES string of the molecule is CCCNCc1cnc(N2CCN(C(C)CC)CC2)cn1. The largest absolute Gasteiger partial charge is 0.353 e. The topological polar surface area (TPSA) is 44.3 Å². The standard InChI is InChI=1S/C16H29N5/c1-4-6-17-11-15-12-19-16(13-18-15)21-9-7-20(8-10-21)14(3)5-2/h12-14,17H,4-11H2,1-3H3. The van der Waals surface area contributed by atoms with Gasteiger partial charge in [-0.25, -0.2) is 4.98 Å². The van der Waals surface area contributed by atoms with E-state index in [-0.39, 0.29) is 0 Å². The molecule has 0 radical (unpaired) electrons. The molecule has 2 heterocycles. The summed E-state index contributed by atoms with van der Waals surface area (Å²) in [6, 6.07) is 0.685. The smallest absolute Gasteiger partial charge is 0.147 e. The van der Waals surface area contributed by atoms with Gasteiger partial charge in [0.1, 0.15) is 5.82 Å². The van der Waals surface area contributed by atoms with Crippen LogP contribution in [0.2, 0.25) is 0 Å². The Hall–Kier alpha value is -1.20. The second kappa shape index (κ2) is 8.29. The van der Waals surface area contributed by atoms with Gasteiger partial charge < -0.3 is 10.2 Å². The quantitative estimate of drug-likeness (QED) is 0.777. The fourth-order valence-corrected chi connectivity index (χ4v) is 2.65. The highest BCUT2D eigenvalue weighted by molar-refractivity contribution is 5.36. The van der Waals surface area contributed by atoms with Gasteiger partial charge in [0.2, 0.25) is 0 Å². The normalized spacial score (nSPS) is 18.0. The van der Waals surface area contributed by atoms with Crippen molar-refractivity contribution in [2.75, 3.05) is 37.6 Å². The third kappa shape index (κ3) is 4.64. The second-order valence-electron chi connectivity index (χ2n) is 5.82. The van der Waals surface area contributed by atoms with E-state index < -0.39 is 0 Å². The third-order valence-corrected chi connectivity index (χ3v) is 4.28. The van der Waals surface area contributed by atoms with Crippen molar-refractivity contribution in [2.45, 2.75) is 46.2 Å². The van der Waals surface area contributed by atoms with Crippen molar-refractivity contribution in [3.05, 3.63) is 18.1 Å². The molecular formula is C16H29N5. The van der Waals surface area contributed by atoms with Crippen molar-refractivity contribution in [1.82, 2.24) is 20.2 Å². The number of nitrogens with zero attached hydrogens (tertiary/aromatic N) is 4. The number of aromatic nitrogens is 2. The molecule has 0 aromatic carbocycles. The van der Waals surface area contributed by atoms with Crippen LogP contribution in [0.15, 0.2) is 12.4 Å². The molecule has 0 spiro atoms. The minimum absolute atomic E-state index is 0.685. The molecule has 1 aromatic rings. The second-order valence-corrected chi connectivity index (χ2v) is 5.82. The van der Waals surface area contributed by atoms with Gasteiger partial charge in [-0.05, 0) is 26.3 Å². The van der Waals surface area contributed by atoms with Crippen LogP contribution in [0.3, 0.4) is 0 Å². The molecule has 1 aliphatic rings. The molecule has 1 unspecified atom stereocenters. The highest BCUT2D eigenvalue weighted by Gasteiger charge is 2.20. The number of hydrogen-bond donors (Lipinski definition) is 1. The Kier molecular flexibility index (Phi) is 6.39. The Labute approximate surface area is 128 Å². The zero-order valence-electron chi connectivity index (χ0n) is 13.7. The van der Waals surface area contributed by atoms with Gasteiger partial charge in [-0.15, -0.1) is 0 Å². The Morgan fingerprint density at radius 1 is 1.14 bits per heavy atom. The van der Waals surface area contributed by atoms with Crippen LogP contribution in [0.5, 0.6) is 0 Å². The van der Waals surface area contributed by atoms with Gasteiger partial charge in [-0.1, -0.05) is 13.8 Å². The van der Waals surface area contributed by atoms with Crippen LogP contribution in [0.1, 0.15) is 39.3 Å². The van der Waals surface area contributed by atoms with E-state index in [0.29, 0.717) is 6.04 Å². The van der Waals surface area contributed by atoms with E-state index >= 15 is 0 Å². The van der Waals surface area contributed by atoms with Gasteiger partial charge in [-0.2, -0.15) is 0 Å². The van der Waals surface area contributed by atoms with Gasteiger partial charge in [0, 0.05) is 38.8 Å². The average molecular weight is 291 g/mol. The Morgan fingerprint density at radius 3 is 2.48 bits per heavy atom. The highest BCUT2D eigenvalue weighted by atomic mass is 15.3. The van der Waals surface area contributed by atoms with Crippen LogP contribution in [0.25, 0.3) is 0 Å². The molecule has 0 aliphatic carbocycles. The van der Waals surface area contributed by atoms with Crippen molar-refractivity contribution in [1.29, 1.82) is 0 Å². The van der Waals surface area contributed by atoms with Crippen LogP contribution < -0.4 is 10.2 Å². The van der Waals surface area contributed by atoms with Crippen LogP contribution in [0, 0.1) is 0 Å². The number of anilines is 1. The average Bonchev–Trinajstić information content (AvgIpc) is 2.55. The number of rotatable bonds is 7. The summed E-state index contributed by atoms with van der Waals surface area (Å²) >= 11 is 0. The van der Waals surface area contributed by atoms with E-state index in [2.05, 4.69) is 45.9 Å². The fourth-order valence-electron chi connectivity index (χ4n) is 2.65. The lowest BCUT2D eigenvalue weighted by Crippen LogP contribution is -2.49. The zero-order valence-corrected chi connectivity index (χ0v) is 13.7. The van der Waals surface area contributed by atoms with Crippen LogP contribution in [-0.4, -0.2) is 53.6 Å². The van der Waals surface area contributed by atoms with Crippen molar-refractivity contribution in [2.24, 2.45) is 0 Å². The van der Waals surface area contributed by atoms with Crippen molar-refractivity contribution in [3.8, 4) is 0 Å². The molecule has 1 saturated heterocycles. The molecule has 1 aliphatic heterocycles. The minimum atomic E-state index is 0.685. The molecule has 21 heavy (non-hydrogen) atoms. The highest BCUT2D eigenvalue weighted by Crippen LogP contribution is 2.14. The number of nitrogens with one attached hydrogen (secondary N) is 1. The molecule has 1 N–H and O–H groups in total. The molecule has 1 aromatic heterocycles. The maximum absolute atomic E-state index is 4.58.